The van der Waals surface area contributed by atoms with E-state index in [2.05, 4.69) is 4.98 Å². The van der Waals surface area contributed by atoms with Gasteiger partial charge >= 0.3 is 11.7 Å². The second kappa shape index (κ2) is 11.7. The number of aromatic nitrogens is 2. The normalized spacial score (nSPS) is 10.7. The van der Waals surface area contributed by atoms with Crippen molar-refractivity contribution in [3.63, 3.8) is 0 Å². The fourth-order valence-corrected chi connectivity index (χ4v) is 3.35. The highest BCUT2D eigenvalue weighted by atomic mass is 19.1. The highest BCUT2D eigenvalue weighted by Crippen LogP contribution is 2.18. The number of methoxy groups -OCH3 is 1. The number of hydrogen-bond donors (Lipinski definition) is 2. The van der Waals surface area contributed by atoms with Gasteiger partial charge in [0.1, 0.15) is 11.6 Å². The zero-order chi connectivity index (χ0) is 25.4. The summed E-state index contributed by atoms with van der Waals surface area (Å²) in [7, 11) is 1.41. The number of nitrogens with two attached hydrogens (primary N) is 1. The van der Waals surface area contributed by atoms with E-state index in [1.807, 2.05) is 6.07 Å². The van der Waals surface area contributed by atoms with Gasteiger partial charge in [-0.05, 0) is 23.3 Å². The summed E-state index contributed by atoms with van der Waals surface area (Å²) in [5.74, 6) is -2.11. The van der Waals surface area contributed by atoms with Crippen molar-refractivity contribution in [1.29, 1.82) is 0 Å². The monoisotopic (exact) mass is 484 g/mol. The predicted molar refractivity (Wildman–Crippen MR) is 127 cm³/mol. The Bertz CT molecular complexity index is 1290. The molecule has 0 saturated carbocycles. The van der Waals surface area contributed by atoms with Gasteiger partial charge in [-0.2, -0.15) is 0 Å². The molecule has 3 rings (SSSR count). The molecular weight excluding hydrogens is 459 g/mol. The molecule has 1 heterocycles. The number of anilines is 2. The van der Waals surface area contributed by atoms with E-state index in [1.54, 1.807) is 24.3 Å². The summed E-state index contributed by atoms with van der Waals surface area (Å²) in [6.07, 6.45) is -0.170. The first-order valence-electron chi connectivity index (χ1n) is 10.7. The smallest absolute Gasteiger partial charge is 0.330 e. The Hall–Kier alpha value is -4.25. The van der Waals surface area contributed by atoms with Crippen LogP contribution in [0.2, 0.25) is 0 Å². The Morgan fingerprint density at radius 2 is 1.74 bits per heavy atom. The second-order valence-corrected chi connectivity index (χ2v) is 7.57. The summed E-state index contributed by atoms with van der Waals surface area (Å²) >= 11 is 0. The number of nitrogen functional groups attached to an aromatic ring is 1. The van der Waals surface area contributed by atoms with E-state index in [4.69, 9.17) is 15.2 Å². The van der Waals surface area contributed by atoms with E-state index in [-0.39, 0.29) is 37.6 Å². The van der Waals surface area contributed by atoms with Crippen LogP contribution in [-0.2, 0) is 32.0 Å². The van der Waals surface area contributed by atoms with Crippen LogP contribution in [0.25, 0.3) is 0 Å². The van der Waals surface area contributed by atoms with Gasteiger partial charge in [-0.1, -0.05) is 42.5 Å². The number of amides is 1. The van der Waals surface area contributed by atoms with Crippen molar-refractivity contribution in [3.8, 4) is 0 Å². The molecule has 184 valence electrons. The van der Waals surface area contributed by atoms with E-state index < -0.39 is 35.5 Å². The van der Waals surface area contributed by atoms with Crippen LogP contribution in [0.15, 0.2) is 64.2 Å². The lowest BCUT2D eigenvalue weighted by atomic mass is 10.1. The van der Waals surface area contributed by atoms with Crippen molar-refractivity contribution < 1.29 is 23.5 Å². The van der Waals surface area contributed by atoms with Crippen LogP contribution in [0.5, 0.6) is 0 Å². The number of nitrogens with one attached hydrogen (secondary N) is 1. The fraction of sp³-hybridized carbons (Fsp3) is 0.250. The van der Waals surface area contributed by atoms with Gasteiger partial charge in [0.2, 0.25) is 0 Å². The van der Waals surface area contributed by atoms with Crippen LogP contribution in [0.1, 0.15) is 11.1 Å². The standard InChI is InChI=1S/C24H25FN4O6/c1-34-12-11-28(19(30)15-35-20(31)13-16-7-9-18(25)10-8-16)21-22(26)29(24(33)27-23(21)32)14-17-5-3-2-4-6-17/h2-10H,11-15,26H2,1H3,(H,27,32,33). The number of benzene rings is 2. The van der Waals surface area contributed by atoms with Gasteiger partial charge in [0.15, 0.2) is 12.3 Å². The Balaban J connectivity index is 1.82. The molecule has 3 aromatic rings. The fourth-order valence-electron chi connectivity index (χ4n) is 3.35. The zero-order valence-electron chi connectivity index (χ0n) is 19.0. The van der Waals surface area contributed by atoms with Crippen molar-refractivity contribution in [2.45, 2.75) is 13.0 Å². The third-order valence-corrected chi connectivity index (χ3v) is 5.11. The van der Waals surface area contributed by atoms with Crippen molar-refractivity contribution in [3.05, 3.63) is 92.4 Å². The topological polar surface area (TPSA) is 137 Å². The van der Waals surface area contributed by atoms with Gasteiger partial charge in [-0.15, -0.1) is 0 Å². The van der Waals surface area contributed by atoms with E-state index >= 15 is 0 Å². The number of halogens is 1. The number of hydrogen-bond acceptors (Lipinski definition) is 7. The number of carbonyl (C=O) groups excluding carboxylic acids is 2. The molecule has 3 N–H and O–H groups in total. The molecule has 0 aliphatic heterocycles. The molecule has 0 atom stereocenters. The highest BCUT2D eigenvalue weighted by molar-refractivity contribution is 5.97. The molecule has 0 radical (unpaired) electrons. The lowest BCUT2D eigenvalue weighted by Gasteiger charge is -2.24. The van der Waals surface area contributed by atoms with Gasteiger partial charge in [0, 0.05) is 13.7 Å². The number of esters is 1. The average Bonchev–Trinajstić information content (AvgIpc) is 2.84. The minimum atomic E-state index is -0.862. The maximum Gasteiger partial charge on any atom is 0.330 e. The Kier molecular flexibility index (Phi) is 8.52. The van der Waals surface area contributed by atoms with Gasteiger partial charge < -0.3 is 15.2 Å². The van der Waals surface area contributed by atoms with E-state index in [1.165, 1.54) is 31.4 Å². The molecule has 0 aliphatic rings. The summed E-state index contributed by atoms with van der Waals surface area (Å²) in [5, 5.41) is 0. The van der Waals surface area contributed by atoms with E-state index in [9.17, 15) is 23.6 Å². The first-order chi connectivity index (χ1) is 16.8. The van der Waals surface area contributed by atoms with Gasteiger partial charge in [0.25, 0.3) is 11.5 Å². The number of aromatic amines is 1. The predicted octanol–water partition coefficient (Wildman–Crippen LogP) is 1.07. The SMILES string of the molecule is COCCN(C(=O)COC(=O)Cc1ccc(F)cc1)c1c(N)n(Cc2ccccc2)c(=O)[nH]c1=O. The van der Waals surface area contributed by atoms with E-state index in [0.29, 0.717) is 5.56 Å². The second-order valence-electron chi connectivity index (χ2n) is 7.57. The molecule has 0 saturated heterocycles. The number of H-pyrrole nitrogens is 1. The number of nitrogens with zero attached hydrogens (tertiary/aromatic N) is 2. The lowest BCUT2D eigenvalue weighted by molar-refractivity contribution is -0.147. The summed E-state index contributed by atoms with van der Waals surface area (Å²) < 4.78 is 24.3. The molecule has 1 amide bonds. The third-order valence-electron chi connectivity index (χ3n) is 5.11. The molecule has 11 heteroatoms. The molecule has 0 bridgehead atoms. The minimum absolute atomic E-state index is 0.0476. The Morgan fingerprint density at radius 3 is 2.40 bits per heavy atom. The van der Waals surface area contributed by atoms with Crippen LogP contribution in [-0.4, -0.2) is 48.3 Å². The lowest BCUT2D eigenvalue weighted by Crippen LogP contribution is -2.44. The maximum atomic E-state index is 13.0. The summed E-state index contributed by atoms with van der Waals surface area (Å²) in [6.45, 7) is -0.650. The number of ether oxygens (including phenoxy) is 2. The minimum Gasteiger partial charge on any atom is -0.455 e. The Labute approximate surface area is 199 Å². The average molecular weight is 484 g/mol. The van der Waals surface area contributed by atoms with Gasteiger partial charge in [-0.25, -0.2) is 9.18 Å². The summed E-state index contributed by atoms with van der Waals surface area (Å²) in [5.41, 5.74) is 5.60. The molecule has 1 aromatic heterocycles. The van der Waals surface area contributed by atoms with Crippen molar-refractivity contribution in [1.82, 2.24) is 9.55 Å². The van der Waals surface area contributed by atoms with Crippen molar-refractivity contribution in [2.24, 2.45) is 0 Å². The Morgan fingerprint density at radius 1 is 1.06 bits per heavy atom. The first-order valence-corrected chi connectivity index (χ1v) is 10.7. The molecule has 0 fully saturated rings. The van der Waals surface area contributed by atoms with Crippen LogP contribution in [0, 0.1) is 5.82 Å². The number of carbonyl (C=O) groups is 2. The van der Waals surface area contributed by atoms with Gasteiger partial charge in [0.05, 0.1) is 19.6 Å². The van der Waals surface area contributed by atoms with Crippen molar-refractivity contribution >= 4 is 23.4 Å². The zero-order valence-corrected chi connectivity index (χ0v) is 19.0. The number of rotatable bonds is 10. The highest BCUT2D eigenvalue weighted by Gasteiger charge is 2.25. The third kappa shape index (κ3) is 6.64. The molecule has 2 aromatic carbocycles. The molecule has 0 unspecified atom stereocenters. The van der Waals surface area contributed by atoms with Crippen LogP contribution >= 0.6 is 0 Å². The molecule has 0 spiro atoms. The summed E-state index contributed by atoms with van der Waals surface area (Å²) in [6, 6.07) is 14.2. The quantitative estimate of drug-likeness (QED) is 0.411. The molecular formula is C24H25FN4O6. The van der Waals surface area contributed by atoms with Crippen LogP contribution in [0.4, 0.5) is 15.9 Å². The van der Waals surface area contributed by atoms with E-state index in [0.717, 1.165) is 15.0 Å². The first kappa shape index (κ1) is 25.4. The molecule has 35 heavy (non-hydrogen) atoms. The van der Waals surface area contributed by atoms with Crippen molar-refractivity contribution in [2.75, 3.05) is 37.5 Å². The molecule has 10 nitrogen and oxygen atoms in total. The van der Waals surface area contributed by atoms with Crippen LogP contribution in [0.3, 0.4) is 0 Å². The summed E-state index contributed by atoms with van der Waals surface area (Å²) in [4.78, 5) is 53.4. The maximum absolute atomic E-state index is 13.0. The largest absolute Gasteiger partial charge is 0.455 e. The van der Waals surface area contributed by atoms with Gasteiger partial charge in [-0.3, -0.25) is 28.8 Å². The van der Waals surface area contributed by atoms with Crippen LogP contribution < -0.4 is 21.9 Å². The molecule has 0 aliphatic carbocycles.